The molecule has 2 rings (SSSR count). The van der Waals surface area contributed by atoms with Crippen LogP contribution in [0, 0.1) is 12.8 Å². The van der Waals surface area contributed by atoms with Crippen molar-refractivity contribution in [2.24, 2.45) is 5.92 Å². The lowest BCUT2D eigenvalue weighted by Gasteiger charge is -2.26. The number of thiocarbonyl (C=S) groups is 2. The van der Waals surface area contributed by atoms with Crippen LogP contribution in [-0.4, -0.2) is 63.2 Å². The number of aliphatic hydroxyl groups is 2. The number of nitrogens with one attached hydrogen (secondary N) is 2. The Bertz CT molecular complexity index is 1130. The van der Waals surface area contributed by atoms with Gasteiger partial charge < -0.3 is 14.9 Å². The first-order valence-electron chi connectivity index (χ1n) is 10.7. The van der Waals surface area contributed by atoms with Crippen LogP contribution in [0.4, 0.5) is 0 Å². The maximum atomic E-state index is 12.7. The lowest BCUT2D eigenvalue weighted by molar-refractivity contribution is -0.137. The molecular formula is C24H30N4O5S2. The van der Waals surface area contributed by atoms with E-state index in [1.807, 2.05) is 19.1 Å². The Morgan fingerprint density at radius 3 is 1.97 bits per heavy atom. The Morgan fingerprint density at radius 2 is 1.46 bits per heavy atom. The van der Waals surface area contributed by atoms with Gasteiger partial charge in [0.2, 0.25) is 0 Å². The van der Waals surface area contributed by atoms with E-state index in [1.165, 1.54) is 24.0 Å². The van der Waals surface area contributed by atoms with E-state index in [2.05, 4.69) is 10.9 Å². The van der Waals surface area contributed by atoms with E-state index in [1.54, 1.807) is 38.4 Å². The predicted octanol–water partition coefficient (Wildman–Crippen LogP) is 1.60. The summed E-state index contributed by atoms with van der Waals surface area (Å²) in [6.45, 7) is 2.76. The van der Waals surface area contributed by atoms with Crippen molar-refractivity contribution in [3.8, 4) is 5.75 Å². The van der Waals surface area contributed by atoms with E-state index in [0.717, 1.165) is 5.56 Å². The number of rotatable bonds is 7. The van der Waals surface area contributed by atoms with Crippen LogP contribution in [0.3, 0.4) is 0 Å². The van der Waals surface area contributed by atoms with Crippen LogP contribution in [0.1, 0.15) is 34.7 Å². The molecular weight excluding hydrogens is 488 g/mol. The Balaban J connectivity index is 2.06. The average molecular weight is 519 g/mol. The number of nitrogens with zero attached hydrogens (tertiary/aromatic N) is 2. The van der Waals surface area contributed by atoms with E-state index >= 15 is 0 Å². The minimum absolute atomic E-state index is 0.218. The number of hydrogen-bond donors (Lipinski definition) is 4. The number of aryl methyl sites for hydroxylation is 1. The summed E-state index contributed by atoms with van der Waals surface area (Å²) in [5.74, 6) is -1.64. The lowest BCUT2D eigenvalue weighted by Crippen LogP contribution is -2.51. The Hall–Kier alpha value is -3.12. The standard InChI is InChI=1S/C24H30N4O5S2/c1-14-8-6-11-18(20(14)33-5)24(35)28(4)26-22(32)15(2)21(31)25-27(3)23(34)17-10-7-9-16(12-29)19(17)13-30/h6-11,15,29-30H,12-13H2,1-5H3,(H,25,31)(H,26,32). The molecule has 0 aromatic heterocycles. The summed E-state index contributed by atoms with van der Waals surface area (Å²) in [5, 5.41) is 21.9. The molecule has 1 unspecified atom stereocenters. The number of carbonyl (C=O) groups excluding carboxylic acids is 2. The molecule has 9 nitrogen and oxygen atoms in total. The van der Waals surface area contributed by atoms with Gasteiger partial charge in [-0.25, -0.2) is 0 Å². The fraction of sp³-hybridized carbons (Fsp3) is 0.333. The third-order valence-corrected chi connectivity index (χ3v) is 6.42. The fourth-order valence-electron chi connectivity index (χ4n) is 3.37. The fourth-order valence-corrected chi connectivity index (χ4v) is 3.81. The topological polar surface area (TPSA) is 114 Å². The Labute approximate surface area is 215 Å². The van der Waals surface area contributed by atoms with Crippen molar-refractivity contribution in [1.29, 1.82) is 0 Å². The van der Waals surface area contributed by atoms with Crippen molar-refractivity contribution in [2.45, 2.75) is 27.1 Å². The highest BCUT2D eigenvalue weighted by Gasteiger charge is 2.26. The molecule has 35 heavy (non-hydrogen) atoms. The number of aliphatic hydroxyl groups excluding tert-OH is 2. The van der Waals surface area contributed by atoms with Gasteiger partial charge in [0.15, 0.2) is 0 Å². The number of carbonyl (C=O) groups is 2. The van der Waals surface area contributed by atoms with Crippen molar-refractivity contribution in [2.75, 3.05) is 21.2 Å². The second-order valence-corrected chi connectivity index (χ2v) is 8.59. The highest BCUT2D eigenvalue weighted by atomic mass is 32.1. The normalized spacial score (nSPS) is 11.3. The molecule has 0 aliphatic heterocycles. The van der Waals surface area contributed by atoms with Crippen LogP contribution in [-0.2, 0) is 22.8 Å². The summed E-state index contributed by atoms with van der Waals surface area (Å²) in [5.41, 5.74) is 8.23. The maximum Gasteiger partial charge on any atom is 0.250 e. The molecule has 2 aromatic rings. The van der Waals surface area contributed by atoms with E-state index in [0.29, 0.717) is 33.0 Å². The molecule has 0 aliphatic carbocycles. The maximum absolute atomic E-state index is 12.7. The van der Waals surface area contributed by atoms with Gasteiger partial charge in [0.25, 0.3) is 11.8 Å². The van der Waals surface area contributed by atoms with Crippen molar-refractivity contribution < 1.29 is 24.5 Å². The van der Waals surface area contributed by atoms with Gasteiger partial charge in [-0.3, -0.25) is 30.5 Å². The summed E-state index contributed by atoms with van der Waals surface area (Å²) in [6.07, 6.45) is 0. The van der Waals surface area contributed by atoms with E-state index in [4.69, 9.17) is 29.2 Å². The first kappa shape index (κ1) is 28.1. The number of hydrogen-bond acceptors (Lipinski definition) is 7. The van der Waals surface area contributed by atoms with Crippen molar-refractivity contribution >= 4 is 46.2 Å². The molecule has 0 saturated carbocycles. The number of ether oxygens (including phenoxy) is 1. The second kappa shape index (κ2) is 12.5. The van der Waals surface area contributed by atoms with Crippen molar-refractivity contribution in [3.05, 3.63) is 64.2 Å². The van der Waals surface area contributed by atoms with Crippen LogP contribution in [0.25, 0.3) is 0 Å². The smallest absolute Gasteiger partial charge is 0.250 e. The molecule has 0 radical (unpaired) electrons. The summed E-state index contributed by atoms with van der Waals surface area (Å²) in [4.78, 5) is 26.0. The summed E-state index contributed by atoms with van der Waals surface area (Å²) < 4.78 is 5.43. The molecule has 0 heterocycles. The molecule has 1 atom stereocenters. The summed E-state index contributed by atoms with van der Waals surface area (Å²) in [7, 11) is 4.66. The monoisotopic (exact) mass is 518 g/mol. The zero-order valence-electron chi connectivity index (χ0n) is 20.3. The third-order valence-electron chi connectivity index (χ3n) is 5.43. The third kappa shape index (κ3) is 6.51. The summed E-state index contributed by atoms with van der Waals surface area (Å²) in [6, 6.07) is 10.6. The van der Waals surface area contributed by atoms with Crippen LogP contribution in [0.5, 0.6) is 5.75 Å². The van der Waals surface area contributed by atoms with Crippen LogP contribution in [0.2, 0.25) is 0 Å². The molecule has 0 aliphatic rings. The number of benzene rings is 2. The van der Waals surface area contributed by atoms with Gasteiger partial charge in [-0.05, 0) is 36.6 Å². The minimum atomic E-state index is -1.08. The molecule has 11 heteroatoms. The summed E-state index contributed by atoms with van der Waals surface area (Å²) >= 11 is 10.9. The van der Waals surface area contributed by atoms with Gasteiger partial charge in [0.1, 0.15) is 21.6 Å². The van der Waals surface area contributed by atoms with Crippen molar-refractivity contribution in [1.82, 2.24) is 20.9 Å². The van der Waals surface area contributed by atoms with Gasteiger partial charge in [0.05, 0.1) is 25.9 Å². The molecule has 0 fully saturated rings. The van der Waals surface area contributed by atoms with E-state index < -0.39 is 17.7 Å². The van der Waals surface area contributed by atoms with Gasteiger partial charge in [-0.15, -0.1) is 0 Å². The van der Waals surface area contributed by atoms with E-state index in [9.17, 15) is 19.8 Å². The van der Waals surface area contributed by atoms with Gasteiger partial charge in [-0.2, -0.15) is 0 Å². The van der Waals surface area contributed by atoms with Crippen LogP contribution >= 0.6 is 24.4 Å². The van der Waals surface area contributed by atoms with Gasteiger partial charge in [-0.1, -0.05) is 54.8 Å². The lowest BCUT2D eigenvalue weighted by atomic mass is 10.0. The first-order chi connectivity index (χ1) is 16.6. The molecule has 4 N–H and O–H groups in total. The minimum Gasteiger partial charge on any atom is -0.496 e. The predicted molar refractivity (Wildman–Crippen MR) is 140 cm³/mol. The number of hydrazine groups is 2. The number of para-hydroxylation sites is 1. The van der Waals surface area contributed by atoms with Gasteiger partial charge in [0, 0.05) is 19.7 Å². The highest BCUT2D eigenvalue weighted by molar-refractivity contribution is 7.81. The van der Waals surface area contributed by atoms with Crippen LogP contribution in [0.15, 0.2) is 36.4 Å². The number of methoxy groups -OCH3 is 1. The first-order valence-corrected chi connectivity index (χ1v) is 11.5. The molecule has 188 valence electrons. The zero-order chi connectivity index (χ0) is 26.3. The zero-order valence-corrected chi connectivity index (χ0v) is 21.9. The SMILES string of the molecule is COc1c(C)cccc1C(=S)N(C)NC(=O)C(C)C(=O)NN(C)C(=S)c1cccc(CO)c1CO. The molecule has 0 saturated heterocycles. The largest absolute Gasteiger partial charge is 0.496 e. The van der Waals surface area contributed by atoms with Gasteiger partial charge >= 0.3 is 0 Å². The second-order valence-electron chi connectivity index (χ2n) is 7.82. The Morgan fingerprint density at radius 1 is 0.943 bits per heavy atom. The molecule has 0 spiro atoms. The molecule has 2 amide bonds. The average Bonchev–Trinajstić information content (AvgIpc) is 2.86. The van der Waals surface area contributed by atoms with Crippen LogP contribution < -0.4 is 15.6 Å². The molecule has 0 bridgehead atoms. The van der Waals surface area contributed by atoms with E-state index in [-0.39, 0.29) is 18.2 Å². The molecule has 2 aromatic carbocycles. The van der Waals surface area contributed by atoms with Crippen molar-refractivity contribution in [3.63, 3.8) is 0 Å². The number of amides is 2. The quantitative estimate of drug-likeness (QED) is 0.247. The highest BCUT2D eigenvalue weighted by Crippen LogP contribution is 2.24. The Kier molecular flexibility index (Phi) is 10.1.